The second kappa shape index (κ2) is 7.23. The van der Waals surface area contributed by atoms with E-state index < -0.39 is 10.8 Å². The maximum atomic E-state index is 13.0. The Bertz CT molecular complexity index is 464. The van der Waals surface area contributed by atoms with Gasteiger partial charge in [0, 0.05) is 6.04 Å². The number of nitrogens with one attached hydrogen (secondary N) is 1. The van der Waals surface area contributed by atoms with E-state index in [4.69, 9.17) is 4.74 Å². The van der Waals surface area contributed by atoms with Crippen molar-refractivity contribution in [2.75, 3.05) is 14.2 Å². The first-order valence-corrected chi connectivity index (χ1v) is 8.63. The number of ether oxygens (including phenoxy) is 1. The van der Waals surface area contributed by atoms with E-state index in [0.717, 1.165) is 23.5 Å². The first-order valence-electron chi connectivity index (χ1n) is 7.42. The zero-order valence-electron chi connectivity index (χ0n) is 12.6. The Balaban J connectivity index is 2.24. The molecule has 4 atom stereocenters. The van der Waals surface area contributed by atoms with Gasteiger partial charge in [0.1, 0.15) is 5.75 Å². The summed E-state index contributed by atoms with van der Waals surface area (Å²) in [7, 11) is 2.59. The molecule has 1 aliphatic carbocycles. The van der Waals surface area contributed by atoms with Gasteiger partial charge in [0.2, 0.25) is 0 Å². The van der Waals surface area contributed by atoms with Gasteiger partial charge in [0.15, 0.2) is 0 Å². The van der Waals surface area contributed by atoms with Gasteiger partial charge in [-0.15, -0.1) is 0 Å². The van der Waals surface area contributed by atoms with Gasteiger partial charge in [-0.05, 0) is 44.4 Å². The summed E-state index contributed by atoms with van der Waals surface area (Å²) in [5.74, 6) is 1.43. The Labute approximate surface area is 124 Å². The summed E-state index contributed by atoms with van der Waals surface area (Å²) in [6.07, 6.45) is 4.56. The highest BCUT2D eigenvalue weighted by Crippen LogP contribution is 2.34. The van der Waals surface area contributed by atoms with E-state index in [1.165, 1.54) is 12.8 Å². The fraction of sp³-hybridized carbons (Fsp3) is 0.625. The molecule has 3 nitrogen and oxygen atoms in total. The molecule has 0 saturated heterocycles. The first-order chi connectivity index (χ1) is 9.71. The lowest BCUT2D eigenvalue weighted by Crippen LogP contribution is -2.44. The Morgan fingerprint density at radius 1 is 1.35 bits per heavy atom. The minimum absolute atomic E-state index is 0.176. The van der Waals surface area contributed by atoms with Crippen LogP contribution in [0.25, 0.3) is 0 Å². The van der Waals surface area contributed by atoms with Crippen LogP contribution in [-0.4, -0.2) is 29.7 Å². The molecule has 0 radical (unpaired) electrons. The van der Waals surface area contributed by atoms with Gasteiger partial charge in [-0.25, -0.2) is 0 Å². The van der Waals surface area contributed by atoms with Crippen molar-refractivity contribution in [2.45, 2.75) is 48.8 Å². The van der Waals surface area contributed by atoms with Crippen molar-refractivity contribution >= 4 is 10.8 Å². The molecule has 1 N–H and O–H groups in total. The molecule has 1 fully saturated rings. The van der Waals surface area contributed by atoms with E-state index in [9.17, 15) is 4.21 Å². The Morgan fingerprint density at radius 2 is 2.10 bits per heavy atom. The van der Waals surface area contributed by atoms with Crippen LogP contribution in [0.5, 0.6) is 5.75 Å². The molecule has 4 heteroatoms. The summed E-state index contributed by atoms with van der Waals surface area (Å²) in [5, 5.41) is 3.53. The molecule has 0 amide bonds. The monoisotopic (exact) mass is 295 g/mol. The molecule has 4 unspecified atom stereocenters. The number of methoxy groups -OCH3 is 1. The van der Waals surface area contributed by atoms with Crippen LogP contribution < -0.4 is 10.1 Å². The highest BCUT2D eigenvalue weighted by molar-refractivity contribution is 7.85. The molecule has 0 aromatic heterocycles. The smallest absolute Gasteiger partial charge is 0.134 e. The highest BCUT2D eigenvalue weighted by Gasteiger charge is 2.34. The van der Waals surface area contributed by atoms with E-state index in [0.29, 0.717) is 12.0 Å². The molecule has 1 aromatic carbocycles. The second-order valence-corrected chi connectivity index (χ2v) is 7.11. The molecule has 0 aliphatic heterocycles. The van der Waals surface area contributed by atoms with Crippen LogP contribution in [0.2, 0.25) is 0 Å². The fourth-order valence-corrected chi connectivity index (χ4v) is 5.00. The number of hydrogen-bond donors (Lipinski definition) is 1. The molecule has 1 saturated carbocycles. The zero-order valence-corrected chi connectivity index (χ0v) is 13.4. The van der Waals surface area contributed by atoms with E-state index in [-0.39, 0.29) is 5.25 Å². The van der Waals surface area contributed by atoms with E-state index >= 15 is 0 Å². The van der Waals surface area contributed by atoms with Crippen molar-refractivity contribution in [3.8, 4) is 5.75 Å². The Kier molecular flexibility index (Phi) is 5.61. The molecule has 20 heavy (non-hydrogen) atoms. The molecule has 1 aromatic rings. The lowest BCUT2D eigenvalue weighted by Gasteiger charge is -2.35. The van der Waals surface area contributed by atoms with Gasteiger partial charge in [0.25, 0.3) is 0 Å². The van der Waals surface area contributed by atoms with Gasteiger partial charge in [0.05, 0.1) is 28.1 Å². The van der Waals surface area contributed by atoms with Gasteiger partial charge in [-0.3, -0.25) is 4.21 Å². The lowest BCUT2D eigenvalue weighted by molar-refractivity contribution is 0.300. The third-order valence-corrected chi connectivity index (χ3v) is 6.25. The van der Waals surface area contributed by atoms with Crippen molar-refractivity contribution in [1.82, 2.24) is 5.32 Å². The summed E-state index contributed by atoms with van der Waals surface area (Å²) in [6, 6.07) is 8.01. The Hall–Kier alpha value is -0.870. The van der Waals surface area contributed by atoms with E-state index in [2.05, 4.69) is 12.2 Å². The number of rotatable bonds is 5. The standard InChI is InChI=1S/C16H25NO2S/c1-4-12-9-10-13(17-2)16(11-12)20(18)15-8-6-5-7-14(15)19-3/h5-8,12-13,16-17H,4,9-11H2,1-3H3. The quantitative estimate of drug-likeness (QED) is 0.907. The molecular weight excluding hydrogens is 270 g/mol. The van der Waals surface area contributed by atoms with Crippen molar-refractivity contribution in [3.05, 3.63) is 24.3 Å². The maximum Gasteiger partial charge on any atom is 0.134 e. The SMILES string of the molecule is CCC1CCC(NC)C(S(=O)c2ccccc2OC)C1. The summed E-state index contributed by atoms with van der Waals surface area (Å²) in [6.45, 7) is 2.23. The van der Waals surface area contributed by atoms with Crippen LogP contribution in [0.15, 0.2) is 29.2 Å². The van der Waals surface area contributed by atoms with Gasteiger partial charge in [-0.1, -0.05) is 25.5 Å². The van der Waals surface area contributed by atoms with Gasteiger partial charge < -0.3 is 10.1 Å². The van der Waals surface area contributed by atoms with Crippen molar-refractivity contribution in [1.29, 1.82) is 0 Å². The molecule has 0 heterocycles. The molecule has 0 spiro atoms. The molecule has 112 valence electrons. The van der Waals surface area contributed by atoms with Crippen LogP contribution >= 0.6 is 0 Å². The van der Waals surface area contributed by atoms with E-state index in [1.54, 1.807) is 7.11 Å². The summed E-state index contributed by atoms with van der Waals surface area (Å²) >= 11 is 0. The summed E-state index contributed by atoms with van der Waals surface area (Å²) in [5.41, 5.74) is 0. The van der Waals surface area contributed by atoms with Crippen LogP contribution in [0.1, 0.15) is 32.6 Å². The predicted molar refractivity (Wildman–Crippen MR) is 83.7 cm³/mol. The van der Waals surface area contributed by atoms with Crippen molar-refractivity contribution in [2.24, 2.45) is 5.92 Å². The van der Waals surface area contributed by atoms with Gasteiger partial charge >= 0.3 is 0 Å². The minimum atomic E-state index is -1.02. The number of para-hydroxylation sites is 1. The number of hydrogen-bond acceptors (Lipinski definition) is 3. The summed E-state index contributed by atoms with van der Waals surface area (Å²) in [4.78, 5) is 0.831. The van der Waals surface area contributed by atoms with Crippen LogP contribution in [-0.2, 0) is 10.8 Å². The Morgan fingerprint density at radius 3 is 2.75 bits per heavy atom. The van der Waals surface area contributed by atoms with Crippen LogP contribution in [0.4, 0.5) is 0 Å². The fourth-order valence-electron chi connectivity index (χ4n) is 3.10. The second-order valence-electron chi connectivity index (χ2n) is 5.47. The normalized spacial score (nSPS) is 28.1. The molecule has 0 bridgehead atoms. The maximum absolute atomic E-state index is 13.0. The summed E-state index contributed by atoms with van der Waals surface area (Å²) < 4.78 is 18.4. The lowest BCUT2D eigenvalue weighted by atomic mass is 9.84. The van der Waals surface area contributed by atoms with Crippen molar-refractivity contribution in [3.63, 3.8) is 0 Å². The molecular formula is C16H25NO2S. The highest BCUT2D eigenvalue weighted by atomic mass is 32.2. The topological polar surface area (TPSA) is 38.3 Å². The minimum Gasteiger partial charge on any atom is -0.495 e. The van der Waals surface area contributed by atoms with Crippen LogP contribution in [0.3, 0.4) is 0 Å². The predicted octanol–water partition coefficient (Wildman–Crippen LogP) is 2.97. The average Bonchev–Trinajstić information content (AvgIpc) is 2.53. The number of benzene rings is 1. The largest absolute Gasteiger partial charge is 0.495 e. The zero-order chi connectivity index (χ0) is 14.5. The van der Waals surface area contributed by atoms with E-state index in [1.807, 2.05) is 31.3 Å². The molecule has 1 aliphatic rings. The third kappa shape index (κ3) is 3.23. The molecule has 2 rings (SSSR count). The first kappa shape index (κ1) is 15.5. The average molecular weight is 295 g/mol. The van der Waals surface area contributed by atoms with Crippen LogP contribution in [0, 0.1) is 5.92 Å². The van der Waals surface area contributed by atoms with Crippen molar-refractivity contribution < 1.29 is 8.95 Å². The third-order valence-electron chi connectivity index (χ3n) is 4.41. The van der Waals surface area contributed by atoms with Gasteiger partial charge in [-0.2, -0.15) is 0 Å².